The lowest BCUT2D eigenvalue weighted by Gasteiger charge is -2.18. The predicted octanol–water partition coefficient (Wildman–Crippen LogP) is 3.28. The lowest BCUT2D eigenvalue weighted by Crippen LogP contribution is -2.32. The third-order valence-corrected chi connectivity index (χ3v) is 3.76. The van der Waals surface area contributed by atoms with Crippen LogP contribution in [0, 0.1) is 5.92 Å². The summed E-state index contributed by atoms with van der Waals surface area (Å²) in [6.07, 6.45) is 9.60. The molecule has 1 aliphatic rings. The Bertz CT molecular complexity index is 276. The summed E-state index contributed by atoms with van der Waals surface area (Å²) in [5.41, 5.74) is 1.58. The molecule has 1 rings (SSSR count). The zero-order chi connectivity index (χ0) is 14.8. The van der Waals surface area contributed by atoms with E-state index in [1.165, 1.54) is 25.7 Å². The SMILES string of the molecule is CC(C)CC(C)OCC(O)CNCCC1=CCCCC1. The molecule has 2 N–H and O–H groups in total. The van der Waals surface area contributed by atoms with Crippen molar-refractivity contribution in [2.45, 2.75) is 71.5 Å². The summed E-state index contributed by atoms with van der Waals surface area (Å²) in [6, 6.07) is 0. The number of allylic oxidation sites excluding steroid dienone is 1. The monoisotopic (exact) mass is 283 g/mol. The smallest absolute Gasteiger partial charge is 0.0897 e. The van der Waals surface area contributed by atoms with Crippen LogP contribution in [-0.2, 0) is 4.74 Å². The van der Waals surface area contributed by atoms with Crippen LogP contribution in [-0.4, -0.2) is 37.0 Å². The standard InChI is InChI=1S/C17H33NO2/c1-14(2)11-15(3)20-13-17(19)12-18-10-9-16-7-5-4-6-8-16/h7,14-15,17-19H,4-6,8-13H2,1-3H3. The minimum atomic E-state index is -0.398. The van der Waals surface area contributed by atoms with Gasteiger partial charge in [0.25, 0.3) is 0 Å². The first-order valence-corrected chi connectivity index (χ1v) is 8.26. The molecule has 0 aromatic carbocycles. The second-order valence-electron chi connectivity index (χ2n) is 6.49. The van der Waals surface area contributed by atoms with E-state index in [-0.39, 0.29) is 6.10 Å². The molecule has 0 saturated carbocycles. The van der Waals surface area contributed by atoms with Crippen LogP contribution >= 0.6 is 0 Å². The topological polar surface area (TPSA) is 41.5 Å². The Hall–Kier alpha value is -0.380. The number of hydrogen-bond donors (Lipinski definition) is 2. The molecule has 0 saturated heterocycles. The first-order chi connectivity index (χ1) is 9.58. The lowest BCUT2D eigenvalue weighted by atomic mass is 9.97. The maximum absolute atomic E-state index is 9.87. The van der Waals surface area contributed by atoms with Gasteiger partial charge < -0.3 is 15.2 Å². The second kappa shape index (κ2) is 10.4. The van der Waals surface area contributed by atoms with Gasteiger partial charge in [-0.25, -0.2) is 0 Å². The minimum Gasteiger partial charge on any atom is -0.389 e. The van der Waals surface area contributed by atoms with Gasteiger partial charge in [-0.3, -0.25) is 0 Å². The van der Waals surface area contributed by atoms with Gasteiger partial charge in [0.1, 0.15) is 0 Å². The third-order valence-electron chi connectivity index (χ3n) is 3.76. The molecule has 0 bridgehead atoms. The molecular formula is C17H33NO2. The van der Waals surface area contributed by atoms with Gasteiger partial charge >= 0.3 is 0 Å². The molecule has 118 valence electrons. The molecule has 0 aliphatic heterocycles. The fourth-order valence-corrected chi connectivity index (χ4v) is 2.72. The van der Waals surface area contributed by atoms with Gasteiger partial charge in [0.05, 0.1) is 18.8 Å². The van der Waals surface area contributed by atoms with E-state index in [0.717, 1.165) is 19.4 Å². The number of ether oxygens (including phenoxy) is 1. The normalized spacial score (nSPS) is 18.9. The van der Waals surface area contributed by atoms with E-state index in [9.17, 15) is 5.11 Å². The molecule has 3 heteroatoms. The molecule has 0 radical (unpaired) electrons. The van der Waals surface area contributed by atoms with Crippen LogP contribution in [0.3, 0.4) is 0 Å². The summed E-state index contributed by atoms with van der Waals surface area (Å²) in [7, 11) is 0. The molecule has 0 aromatic heterocycles. The van der Waals surface area contributed by atoms with E-state index < -0.39 is 6.10 Å². The molecule has 0 heterocycles. The molecule has 2 unspecified atom stereocenters. The van der Waals surface area contributed by atoms with Crippen molar-refractivity contribution in [3.8, 4) is 0 Å². The Morgan fingerprint density at radius 3 is 2.75 bits per heavy atom. The van der Waals surface area contributed by atoms with Crippen LogP contribution in [0.1, 0.15) is 59.3 Å². The maximum Gasteiger partial charge on any atom is 0.0897 e. The Balaban J connectivity index is 1.99. The molecule has 0 amide bonds. The molecule has 0 fully saturated rings. The van der Waals surface area contributed by atoms with E-state index in [4.69, 9.17) is 4.74 Å². The summed E-state index contributed by atoms with van der Waals surface area (Å²) in [4.78, 5) is 0. The summed E-state index contributed by atoms with van der Waals surface area (Å²) < 4.78 is 5.66. The second-order valence-corrected chi connectivity index (χ2v) is 6.49. The number of aliphatic hydroxyl groups excluding tert-OH is 1. The molecule has 2 atom stereocenters. The zero-order valence-electron chi connectivity index (χ0n) is 13.5. The molecule has 3 nitrogen and oxygen atoms in total. The van der Waals surface area contributed by atoms with Crippen molar-refractivity contribution < 1.29 is 9.84 Å². The highest BCUT2D eigenvalue weighted by Crippen LogP contribution is 2.19. The number of aliphatic hydroxyl groups is 1. The Kier molecular flexibility index (Phi) is 9.16. The number of nitrogens with one attached hydrogen (secondary N) is 1. The summed E-state index contributed by atoms with van der Waals surface area (Å²) in [5.74, 6) is 0.643. The molecule has 1 aliphatic carbocycles. The Morgan fingerprint density at radius 1 is 1.30 bits per heavy atom. The molecule has 20 heavy (non-hydrogen) atoms. The average Bonchev–Trinajstić information content (AvgIpc) is 2.42. The first-order valence-electron chi connectivity index (χ1n) is 8.26. The van der Waals surface area contributed by atoms with E-state index in [2.05, 4.69) is 32.2 Å². The Labute approximate surface area is 124 Å². The predicted molar refractivity (Wildman–Crippen MR) is 84.9 cm³/mol. The summed E-state index contributed by atoms with van der Waals surface area (Å²) in [5, 5.41) is 13.2. The van der Waals surface area contributed by atoms with Gasteiger partial charge in [-0.1, -0.05) is 25.5 Å². The van der Waals surface area contributed by atoms with Crippen molar-refractivity contribution in [2.24, 2.45) is 5.92 Å². The lowest BCUT2D eigenvalue weighted by molar-refractivity contribution is -0.00839. The highest BCUT2D eigenvalue weighted by atomic mass is 16.5. The van der Waals surface area contributed by atoms with Crippen LogP contribution in [0.5, 0.6) is 0 Å². The highest BCUT2D eigenvalue weighted by Gasteiger charge is 2.09. The van der Waals surface area contributed by atoms with Crippen molar-refractivity contribution in [2.75, 3.05) is 19.7 Å². The Morgan fingerprint density at radius 2 is 2.10 bits per heavy atom. The van der Waals surface area contributed by atoms with Crippen LogP contribution in [0.25, 0.3) is 0 Å². The average molecular weight is 283 g/mol. The van der Waals surface area contributed by atoms with E-state index in [1.807, 2.05) is 0 Å². The maximum atomic E-state index is 9.87. The van der Waals surface area contributed by atoms with Crippen molar-refractivity contribution in [1.29, 1.82) is 0 Å². The quantitative estimate of drug-likeness (QED) is 0.477. The van der Waals surface area contributed by atoms with Gasteiger partial charge in [-0.15, -0.1) is 0 Å². The van der Waals surface area contributed by atoms with Gasteiger partial charge in [-0.05, 0) is 57.9 Å². The van der Waals surface area contributed by atoms with E-state index in [1.54, 1.807) is 5.57 Å². The molecular weight excluding hydrogens is 250 g/mol. The third kappa shape index (κ3) is 8.72. The van der Waals surface area contributed by atoms with Crippen molar-refractivity contribution >= 4 is 0 Å². The number of rotatable bonds is 10. The van der Waals surface area contributed by atoms with Crippen molar-refractivity contribution in [1.82, 2.24) is 5.32 Å². The summed E-state index contributed by atoms with van der Waals surface area (Å²) in [6.45, 7) is 8.49. The van der Waals surface area contributed by atoms with E-state index >= 15 is 0 Å². The number of hydrogen-bond acceptors (Lipinski definition) is 3. The van der Waals surface area contributed by atoms with Crippen LogP contribution in [0.4, 0.5) is 0 Å². The summed E-state index contributed by atoms with van der Waals surface area (Å²) >= 11 is 0. The largest absolute Gasteiger partial charge is 0.389 e. The van der Waals surface area contributed by atoms with E-state index in [0.29, 0.717) is 19.1 Å². The van der Waals surface area contributed by atoms with Gasteiger partial charge in [0.15, 0.2) is 0 Å². The van der Waals surface area contributed by atoms with Gasteiger partial charge in [-0.2, -0.15) is 0 Å². The van der Waals surface area contributed by atoms with Crippen LogP contribution in [0.15, 0.2) is 11.6 Å². The molecule has 0 spiro atoms. The van der Waals surface area contributed by atoms with Crippen molar-refractivity contribution in [3.05, 3.63) is 11.6 Å². The fraction of sp³-hybridized carbons (Fsp3) is 0.882. The van der Waals surface area contributed by atoms with Crippen LogP contribution in [0.2, 0.25) is 0 Å². The van der Waals surface area contributed by atoms with Gasteiger partial charge in [0.2, 0.25) is 0 Å². The zero-order valence-corrected chi connectivity index (χ0v) is 13.5. The molecule has 0 aromatic rings. The van der Waals surface area contributed by atoms with Gasteiger partial charge in [0, 0.05) is 6.54 Å². The fourth-order valence-electron chi connectivity index (χ4n) is 2.72. The first kappa shape index (κ1) is 17.7. The van der Waals surface area contributed by atoms with Crippen molar-refractivity contribution in [3.63, 3.8) is 0 Å². The minimum absolute atomic E-state index is 0.233. The highest BCUT2D eigenvalue weighted by molar-refractivity contribution is 5.05. The van der Waals surface area contributed by atoms with Crippen LogP contribution < -0.4 is 5.32 Å².